The molecule has 4 N–H and O–H groups in total. The van der Waals surface area contributed by atoms with Gasteiger partial charge in [0.05, 0.1) is 12.2 Å². The first-order valence-corrected chi connectivity index (χ1v) is 8.85. The van der Waals surface area contributed by atoms with E-state index in [0.29, 0.717) is 23.7 Å². The molecule has 0 bridgehead atoms. The van der Waals surface area contributed by atoms with Crippen molar-refractivity contribution in [3.05, 3.63) is 24.3 Å². The van der Waals surface area contributed by atoms with E-state index in [1.807, 2.05) is 12.2 Å². The molecule has 4 rings (SSSR count). The van der Waals surface area contributed by atoms with Crippen LogP contribution >= 0.6 is 0 Å². The molecule has 0 aromatic heterocycles. The van der Waals surface area contributed by atoms with Gasteiger partial charge in [-0.3, -0.25) is 0 Å². The van der Waals surface area contributed by atoms with Crippen LogP contribution in [0.2, 0.25) is 0 Å². The molecule has 4 aliphatic carbocycles. The molecule has 4 aliphatic rings. The van der Waals surface area contributed by atoms with Crippen LogP contribution in [-0.4, -0.2) is 28.5 Å². The molecule has 1 unspecified atom stereocenters. The van der Waals surface area contributed by atoms with Crippen LogP contribution in [0.1, 0.15) is 39.5 Å². The van der Waals surface area contributed by atoms with Crippen LogP contribution in [0.3, 0.4) is 0 Å². The zero-order valence-electron chi connectivity index (χ0n) is 13.7. The first kappa shape index (κ1) is 14.9. The van der Waals surface area contributed by atoms with Gasteiger partial charge in [-0.2, -0.15) is 0 Å². The number of hydrogen-bond acceptors (Lipinski definition) is 3. The minimum absolute atomic E-state index is 0.0279. The van der Waals surface area contributed by atoms with Gasteiger partial charge < -0.3 is 15.9 Å². The van der Waals surface area contributed by atoms with Crippen molar-refractivity contribution in [2.24, 2.45) is 40.2 Å². The van der Waals surface area contributed by atoms with Gasteiger partial charge in [0.25, 0.3) is 0 Å². The van der Waals surface area contributed by atoms with Crippen molar-refractivity contribution >= 4 is 0 Å². The summed E-state index contributed by atoms with van der Waals surface area (Å²) >= 11 is 0. The van der Waals surface area contributed by atoms with Crippen LogP contribution in [0.25, 0.3) is 0 Å². The number of allylic oxidation sites excluding steroid dienone is 2. The van der Waals surface area contributed by atoms with E-state index in [9.17, 15) is 10.2 Å². The molecule has 0 radical (unpaired) electrons. The van der Waals surface area contributed by atoms with Crippen molar-refractivity contribution in [3.8, 4) is 0 Å². The third kappa shape index (κ3) is 1.79. The summed E-state index contributed by atoms with van der Waals surface area (Å²) in [5.41, 5.74) is 6.77. The predicted octanol–water partition coefficient (Wildman–Crippen LogP) is 2.24. The standard InChI is InChI=1S/C19H29NO2/c1-18-7-5-12(21)9-11(18)10-15(20)17-13-3-4-16(22)19(13,2)8-6-14(17)18/h3-5,7,11-17,21-22H,6,8-10,20H2,1-2H3/t11?,12-,13-,14-,15-,16-,17-,18-,19-/m0/s1. The molecular weight excluding hydrogens is 274 g/mol. The van der Waals surface area contributed by atoms with Crippen LogP contribution < -0.4 is 5.73 Å². The monoisotopic (exact) mass is 303 g/mol. The van der Waals surface area contributed by atoms with E-state index < -0.39 is 0 Å². The van der Waals surface area contributed by atoms with Gasteiger partial charge in [-0.05, 0) is 54.8 Å². The van der Waals surface area contributed by atoms with Crippen LogP contribution in [-0.2, 0) is 0 Å². The van der Waals surface area contributed by atoms with Gasteiger partial charge in [0, 0.05) is 11.5 Å². The maximum atomic E-state index is 10.4. The maximum absolute atomic E-state index is 10.4. The Morgan fingerprint density at radius 2 is 1.86 bits per heavy atom. The fourth-order valence-electron chi connectivity index (χ4n) is 6.28. The minimum Gasteiger partial charge on any atom is -0.389 e. The molecule has 22 heavy (non-hydrogen) atoms. The molecule has 0 spiro atoms. The summed E-state index contributed by atoms with van der Waals surface area (Å²) < 4.78 is 0. The Kier molecular flexibility index (Phi) is 3.18. The molecule has 0 amide bonds. The zero-order chi connectivity index (χ0) is 15.7. The number of rotatable bonds is 0. The lowest BCUT2D eigenvalue weighted by Gasteiger charge is -2.60. The summed E-state index contributed by atoms with van der Waals surface area (Å²) in [6.45, 7) is 4.61. The molecule has 0 saturated heterocycles. The molecule has 0 aromatic rings. The van der Waals surface area contributed by atoms with Gasteiger partial charge in [0.2, 0.25) is 0 Å². The highest BCUT2D eigenvalue weighted by Crippen LogP contribution is 2.63. The third-order valence-corrected chi connectivity index (χ3v) is 7.74. The average Bonchev–Trinajstić information content (AvgIpc) is 2.77. The topological polar surface area (TPSA) is 66.5 Å². The Bertz CT molecular complexity index is 530. The maximum Gasteiger partial charge on any atom is 0.0780 e. The van der Waals surface area contributed by atoms with Crippen molar-refractivity contribution in [1.29, 1.82) is 0 Å². The SMILES string of the molecule is C[C@]12CC[C@H]3[C@@H]([C@@H](N)CC4C[C@@H](O)C=C[C@@]43C)[C@@H]1C=C[C@@H]2O. The van der Waals surface area contributed by atoms with E-state index in [0.717, 1.165) is 25.7 Å². The van der Waals surface area contributed by atoms with Gasteiger partial charge in [-0.15, -0.1) is 0 Å². The van der Waals surface area contributed by atoms with Crippen molar-refractivity contribution in [3.63, 3.8) is 0 Å². The van der Waals surface area contributed by atoms with Gasteiger partial charge in [0.1, 0.15) is 0 Å². The quantitative estimate of drug-likeness (QED) is 0.601. The van der Waals surface area contributed by atoms with E-state index in [1.54, 1.807) is 0 Å². The Morgan fingerprint density at radius 1 is 1.09 bits per heavy atom. The fourth-order valence-corrected chi connectivity index (χ4v) is 6.28. The highest BCUT2D eigenvalue weighted by Gasteiger charge is 2.60. The highest BCUT2D eigenvalue weighted by molar-refractivity contribution is 5.24. The van der Waals surface area contributed by atoms with Gasteiger partial charge >= 0.3 is 0 Å². The number of aliphatic hydroxyl groups is 2. The van der Waals surface area contributed by atoms with E-state index in [2.05, 4.69) is 26.0 Å². The predicted molar refractivity (Wildman–Crippen MR) is 86.9 cm³/mol. The number of fused-ring (bicyclic) bond motifs is 5. The van der Waals surface area contributed by atoms with Crippen LogP contribution in [0.15, 0.2) is 24.3 Å². The van der Waals surface area contributed by atoms with E-state index in [-0.39, 0.29) is 29.1 Å². The highest BCUT2D eigenvalue weighted by atomic mass is 16.3. The van der Waals surface area contributed by atoms with Gasteiger partial charge in [-0.25, -0.2) is 0 Å². The fraction of sp³-hybridized carbons (Fsp3) is 0.789. The van der Waals surface area contributed by atoms with Crippen molar-refractivity contribution in [2.45, 2.75) is 57.8 Å². The summed E-state index contributed by atoms with van der Waals surface area (Å²) in [5.74, 6) is 1.91. The Morgan fingerprint density at radius 3 is 2.64 bits per heavy atom. The van der Waals surface area contributed by atoms with Gasteiger partial charge in [0.15, 0.2) is 0 Å². The van der Waals surface area contributed by atoms with Crippen LogP contribution in [0, 0.1) is 34.5 Å². The van der Waals surface area contributed by atoms with Crippen molar-refractivity contribution in [1.82, 2.24) is 0 Å². The molecule has 0 aromatic carbocycles. The normalized spacial score (nSPS) is 59.8. The minimum atomic E-state index is -0.320. The van der Waals surface area contributed by atoms with E-state index in [1.165, 1.54) is 0 Å². The first-order valence-electron chi connectivity index (χ1n) is 8.85. The molecule has 2 fully saturated rings. The van der Waals surface area contributed by atoms with Crippen molar-refractivity contribution in [2.75, 3.05) is 0 Å². The summed E-state index contributed by atoms with van der Waals surface area (Å²) in [6, 6.07) is 0.182. The van der Waals surface area contributed by atoms with Crippen LogP contribution in [0.4, 0.5) is 0 Å². The van der Waals surface area contributed by atoms with E-state index >= 15 is 0 Å². The lowest BCUT2D eigenvalue weighted by Crippen LogP contribution is -2.60. The Balaban J connectivity index is 1.73. The van der Waals surface area contributed by atoms with Crippen molar-refractivity contribution < 1.29 is 10.2 Å². The van der Waals surface area contributed by atoms with Gasteiger partial charge in [-0.1, -0.05) is 38.2 Å². The van der Waals surface area contributed by atoms with E-state index in [4.69, 9.17) is 5.73 Å². The number of aliphatic hydroxyl groups excluding tert-OH is 2. The number of nitrogens with two attached hydrogens (primary N) is 1. The molecule has 0 aliphatic heterocycles. The molecule has 122 valence electrons. The largest absolute Gasteiger partial charge is 0.389 e. The third-order valence-electron chi connectivity index (χ3n) is 7.74. The molecule has 9 atom stereocenters. The van der Waals surface area contributed by atoms with Crippen LogP contribution in [0.5, 0.6) is 0 Å². The second-order valence-electron chi connectivity index (χ2n) is 8.71. The lowest BCUT2D eigenvalue weighted by atomic mass is 9.45. The molecule has 3 heteroatoms. The Labute approximate surface area is 133 Å². The molecular formula is C19H29NO2. The summed E-state index contributed by atoms with van der Waals surface area (Å²) in [5, 5.41) is 20.4. The molecule has 2 saturated carbocycles. The summed E-state index contributed by atoms with van der Waals surface area (Å²) in [7, 11) is 0. The summed E-state index contributed by atoms with van der Waals surface area (Å²) in [6.07, 6.45) is 11.9. The lowest BCUT2D eigenvalue weighted by molar-refractivity contribution is -0.100. The Hall–Kier alpha value is -0.640. The first-order chi connectivity index (χ1) is 10.4. The average molecular weight is 303 g/mol. The smallest absolute Gasteiger partial charge is 0.0780 e. The zero-order valence-corrected chi connectivity index (χ0v) is 13.7. The molecule has 0 heterocycles. The second-order valence-corrected chi connectivity index (χ2v) is 8.71. The number of hydrogen-bond donors (Lipinski definition) is 3. The second kappa shape index (κ2) is 4.68. The summed E-state index contributed by atoms with van der Waals surface area (Å²) in [4.78, 5) is 0. The molecule has 3 nitrogen and oxygen atoms in total.